The largest absolute Gasteiger partial charge is 0.493 e. The molecule has 0 saturated heterocycles. The first kappa shape index (κ1) is 26.2. The molecular weight excluding hydrogens is 518 g/mol. The second-order valence-corrected chi connectivity index (χ2v) is 9.57. The van der Waals surface area contributed by atoms with E-state index < -0.39 is 17.8 Å². The highest BCUT2D eigenvalue weighted by atomic mass is 35.5. The number of fused-ring (bicyclic) bond motifs is 1. The molecule has 2 N–H and O–H groups in total. The molecule has 0 atom stereocenters. The summed E-state index contributed by atoms with van der Waals surface area (Å²) in [5.41, 5.74) is 4.94. The van der Waals surface area contributed by atoms with Gasteiger partial charge < -0.3 is 19.5 Å². The minimum atomic E-state index is -0.976. The van der Waals surface area contributed by atoms with Crippen molar-refractivity contribution in [2.45, 2.75) is 25.9 Å². The minimum absolute atomic E-state index is 0.305. The lowest BCUT2D eigenvalue weighted by molar-refractivity contribution is -0.136. The molecule has 2 amide bonds. The average Bonchev–Trinajstić information content (AvgIpc) is 3.49. The first-order valence-electron chi connectivity index (χ1n) is 11.3. The zero-order valence-corrected chi connectivity index (χ0v) is 21.7. The Hall–Kier alpha value is -3.89. The van der Waals surface area contributed by atoms with E-state index in [1.165, 1.54) is 31.8 Å². The minimum Gasteiger partial charge on any atom is -0.493 e. The second kappa shape index (κ2) is 11.9. The normalized spacial score (nSPS) is 12.2. The molecule has 37 heavy (non-hydrogen) atoms. The first-order chi connectivity index (χ1) is 17.9. The Morgan fingerprint density at radius 1 is 1.05 bits per heavy atom. The van der Waals surface area contributed by atoms with Gasteiger partial charge in [0.05, 0.1) is 26.0 Å². The van der Waals surface area contributed by atoms with Crippen molar-refractivity contribution in [1.82, 2.24) is 5.43 Å². The predicted molar refractivity (Wildman–Crippen MR) is 141 cm³/mol. The van der Waals surface area contributed by atoms with E-state index in [1.54, 1.807) is 30.3 Å². The number of thiophene rings is 1. The zero-order valence-electron chi connectivity index (χ0n) is 20.1. The highest BCUT2D eigenvalue weighted by molar-refractivity contribution is 7.17. The van der Waals surface area contributed by atoms with Crippen molar-refractivity contribution in [2.75, 3.05) is 19.5 Å². The Labute approximate surface area is 222 Å². The number of rotatable bonds is 8. The molecule has 1 aliphatic rings. The number of esters is 1. The molecule has 3 aromatic rings. The van der Waals surface area contributed by atoms with Crippen LogP contribution in [0.2, 0.25) is 5.02 Å². The maximum absolute atomic E-state index is 12.4. The lowest BCUT2D eigenvalue weighted by atomic mass is 10.1. The molecule has 0 bridgehead atoms. The number of hydrazone groups is 1. The molecule has 0 saturated carbocycles. The van der Waals surface area contributed by atoms with Gasteiger partial charge in [-0.15, -0.1) is 11.3 Å². The van der Waals surface area contributed by atoms with Gasteiger partial charge in [-0.2, -0.15) is 5.10 Å². The van der Waals surface area contributed by atoms with Crippen molar-refractivity contribution in [1.29, 1.82) is 0 Å². The van der Waals surface area contributed by atoms with Crippen molar-refractivity contribution in [3.8, 4) is 11.5 Å². The topological polar surface area (TPSA) is 115 Å². The van der Waals surface area contributed by atoms with Crippen molar-refractivity contribution < 1.29 is 28.6 Å². The Balaban J connectivity index is 1.35. The number of halogens is 1. The second-order valence-electron chi connectivity index (χ2n) is 8.03. The van der Waals surface area contributed by atoms with E-state index in [-0.39, 0.29) is 0 Å². The number of anilines is 1. The van der Waals surface area contributed by atoms with Gasteiger partial charge in [-0.1, -0.05) is 23.7 Å². The van der Waals surface area contributed by atoms with E-state index >= 15 is 0 Å². The van der Waals surface area contributed by atoms with Crippen molar-refractivity contribution in [3.63, 3.8) is 0 Å². The van der Waals surface area contributed by atoms with Crippen LogP contribution < -0.4 is 20.2 Å². The smallest absolute Gasteiger partial charge is 0.341 e. The van der Waals surface area contributed by atoms with Crippen LogP contribution in [0.25, 0.3) is 0 Å². The summed E-state index contributed by atoms with van der Waals surface area (Å²) in [6.45, 7) is 0.330. The highest BCUT2D eigenvalue weighted by Crippen LogP contribution is 2.39. The summed E-state index contributed by atoms with van der Waals surface area (Å²) in [7, 11) is 2.79. The van der Waals surface area contributed by atoms with Gasteiger partial charge in [0.1, 0.15) is 11.6 Å². The van der Waals surface area contributed by atoms with Crippen LogP contribution in [0.5, 0.6) is 11.5 Å². The number of ether oxygens (including phenoxy) is 3. The van der Waals surface area contributed by atoms with E-state index in [4.69, 9.17) is 25.8 Å². The maximum atomic E-state index is 12.4. The predicted octanol–water partition coefficient (Wildman–Crippen LogP) is 4.35. The molecule has 1 heterocycles. The van der Waals surface area contributed by atoms with Gasteiger partial charge in [0.2, 0.25) is 0 Å². The van der Waals surface area contributed by atoms with Crippen molar-refractivity contribution in [3.05, 3.63) is 74.6 Å². The number of nitrogens with zero attached hydrogens (tertiary/aromatic N) is 1. The van der Waals surface area contributed by atoms with Crippen LogP contribution in [0.1, 0.15) is 38.3 Å². The van der Waals surface area contributed by atoms with Crippen LogP contribution in [-0.2, 0) is 33.8 Å². The Kier molecular flexibility index (Phi) is 8.42. The quantitative estimate of drug-likeness (QED) is 0.189. The standard InChI is InChI=1S/C26H24ClN3O6S/c1-34-20-12-16(8-11-19(20)36-14-15-6-9-17(27)10-7-15)13-28-30-24(32)23(31)29-25-22(26(33)35-2)18-4-3-5-21(18)37-25/h6-13H,3-5,14H2,1-2H3,(H,29,31)(H,30,32)/b28-13+. The molecule has 0 radical (unpaired) electrons. The van der Waals surface area contributed by atoms with Crippen LogP contribution >= 0.6 is 22.9 Å². The van der Waals surface area contributed by atoms with Gasteiger partial charge in [0.25, 0.3) is 0 Å². The van der Waals surface area contributed by atoms with Crippen LogP contribution in [0, 0.1) is 0 Å². The summed E-state index contributed by atoms with van der Waals surface area (Å²) in [6.07, 6.45) is 3.87. The molecule has 1 aromatic heterocycles. The van der Waals surface area contributed by atoms with Gasteiger partial charge in [-0.3, -0.25) is 9.59 Å². The van der Waals surface area contributed by atoms with Crippen LogP contribution in [0.4, 0.5) is 5.00 Å². The third-order valence-corrected chi connectivity index (χ3v) is 7.08. The third-order valence-electron chi connectivity index (χ3n) is 5.62. The van der Waals surface area contributed by atoms with E-state index in [0.29, 0.717) is 39.3 Å². The highest BCUT2D eigenvalue weighted by Gasteiger charge is 2.29. The number of hydrogen-bond acceptors (Lipinski definition) is 8. The SMILES string of the molecule is COC(=O)c1c(NC(=O)C(=O)N/N=C/c2ccc(OCc3ccc(Cl)cc3)c(OC)c2)sc2c1CCC2. The number of carbonyl (C=O) groups is 3. The van der Waals surface area contributed by atoms with E-state index in [9.17, 15) is 14.4 Å². The molecule has 9 nitrogen and oxygen atoms in total. The number of hydrogen-bond donors (Lipinski definition) is 2. The summed E-state index contributed by atoms with van der Waals surface area (Å²) in [5.74, 6) is -1.45. The summed E-state index contributed by atoms with van der Waals surface area (Å²) in [5, 5.41) is 7.31. The third kappa shape index (κ3) is 6.28. The average molecular weight is 542 g/mol. The molecule has 0 unspecified atom stereocenters. The number of methoxy groups -OCH3 is 2. The Morgan fingerprint density at radius 3 is 2.57 bits per heavy atom. The molecule has 0 aliphatic heterocycles. The molecule has 192 valence electrons. The molecule has 0 fully saturated rings. The summed E-state index contributed by atoms with van der Waals surface area (Å²) in [4.78, 5) is 37.9. The van der Waals surface area contributed by atoms with Crippen molar-refractivity contribution >= 4 is 51.9 Å². The Bertz CT molecular complexity index is 1350. The monoisotopic (exact) mass is 541 g/mol. The Morgan fingerprint density at radius 2 is 1.84 bits per heavy atom. The van der Waals surface area contributed by atoms with Crippen LogP contribution in [0.15, 0.2) is 47.6 Å². The fourth-order valence-corrected chi connectivity index (χ4v) is 5.21. The summed E-state index contributed by atoms with van der Waals surface area (Å²) >= 11 is 7.19. The molecule has 1 aliphatic carbocycles. The lowest BCUT2D eigenvalue weighted by Gasteiger charge is -2.11. The van der Waals surface area contributed by atoms with E-state index in [2.05, 4.69) is 15.8 Å². The molecule has 2 aromatic carbocycles. The van der Waals surface area contributed by atoms with Crippen LogP contribution in [0.3, 0.4) is 0 Å². The number of nitrogens with one attached hydrogen (secondary N) is 2. The lowest BCUT2D eigenvalue weighted by Crippen LogP contribution is -2.32. The van der Waals surface area contributed by atoms with Gasteiger partial charge in [0.15, 0.2) is 11.5 Å². The molecular formula is C26H24ClN3O6S. The zero-order chi connectivity index (χ0) is 26.4. The number of benzene rings is 2. The fourth-order valence-electron chi connectivity index (χ4n) is 3.81. The van der Waals surface area contributed by atoms with Gasteiger partial charge in [-0.05, 0) is 66.3 Å². The number of amides is 2. The number of aryl methyl sites for hydroxylation is 1. The van der Waals surface area contributed by atoms with Gasteiger partial charge >= 0.3 is 17.8 Å². The van der Waals surface area contributed by atoms with E-state index in [1.807, 2.05) is 12.1 Å². The van der Waals surface area contributed by atoms with Crippen LogP contribution in [-0.4, -0.2) is 38.2 Å². The number of carbonyl (C=O) groups excluding carboxylic acids is 3. The van der Waals surface area contributed by atoms with Crippen molar-refractivity contribution in [2.24, 2.45) is 5.10 Å². The summed E-state index contributed by atoms with van der Waals surface area (Å²) < 4.78 is 16.1. The van der Waals surface area contributed by atoms with E-state index in [0.717, 1.165) is 35.3 Å². The summed E-state index contributed by atoms with van der Waals surface area (Å²) in [6, 6.07) is 12.4. The molecule has 11 heteroatoms. The van der Waals surface area contributed by atoms with Gasteiger partial charge in [-0.25, -0.2) is 10.2 Å². The maximum Gasteiger partial charge on any atom is 0.341 e. The van der Waals surface area contributed by atoms with Gasteiger partial charge in [0, 0.05) is 9.90 Å². The molecule has 0 spiro atoms. The first-order valence-corrected chi connectivity index (χ1v) is 12.5. The fraction of sp³-hybridized carbons (Fsp3) is 0.231. The molecule has 4 rings (SSSR count).